The lowest BCUT2D eigenvalue weighted by Gasteiger charge is -2.20. The number of benzene rings is 3. The van der Waals surface area contributed by atoms with E-state index in [1.165, 1.54) is 35.6 Å². The van der Waals surface area contributed by atoms with Crippen molar-refractivity contribution in [3.05, 3.63) is 77.8 Å². The highest BCUT2D eigenvalue weighted by atomic mass is 35.5. The van der Waals surface area contributed by atoms with Crippen LogP contribution in [0.1, 0.15) is 43.8 Å². The van der Waals surface area contributed by atoms with Crippen molar-refractivity contribution in [3.8, 4) is 22.5 Å². The predicted molar refractivity (Wildman–Crippen MR) is 119 cm³/mol. The van der Waals surface area contributed by atoms with Gasteiger partial charge in [-0.05, 0) is 52.4 Å². The van der Waals surface area contributed by atoms with Gasteiger partial charge in [-0.2, -0.15) is 4.98 Å². The minimum absolute atomic E-state index is 0.283. The molecule has 0 saturated heterocycles. The van der Waals surface area contributed by atoms with Crippen LogP contribution in [0.3, 0.4) is 0 Å². The van der Waals surface area contributed by atoms with Crippen LogP contribution in [0.25, 0.3) is 33.3 Å². The van der Waals surface area contributed by atoms with E-state index in [4.69, 9.17) is 16.6 Å². The number of nitrogens with zero attached hydrogens (tertiary/aromatic N) is 3. The van der Waals surface area contributed by atoms with Gasteiger partial charge in [-0.25, -0.2) is 9.97 Å². The van der Waals surface area contributed by atoms with E-state index in [1.807, 2.05) is 6.07 Å². The molecular formula is C25H22ClN3. The van der Waals surface area contributed by atoms with Crippen LogP contribution in [0.15, 0.2) is 66.7 Å². The van der Waals surface area contributed by atoms with Crippen molar-refractivity contribution in [1.82, 2.24) is 15.0 Å². The van der Waals surface area contributed by atoms with Crippen LogP contribution in [0.4, 0.5) is 0 Å². The first-order valence-electron chi connectivity index (χ1n) is 10.3. The second-order valence-corrected chi connectivity index (χ2v) is 8.07. The average molecular weight is 400 g/mol. The fourth-order valence-corrected chi connectivity index (χ4v) is 4.51. The first kappa shape index (κ1) is 18.3. The molecule has 3 nitrogen and oxygen atoms in total. The first-order valence-corrected chi connectivity index (χ1v) is 10.7. The van der Waals surface area contributed by atoms with Crippen molar-refractivity contribution >= 4 is 22.4 Å². The number of rotatable bonds is 3. The normalized spacial score (nSPS) is 14.9. The highest BCUT2D eigenvalue weighted by Crippen LogP contribution is 2.33. The first-order chi connectivity index (χ1) is 14.3. The van der Waals surface area contributed by atoms with Gasteiger partial charge in [0.05, 0.1) is 0 Å². The largest absolute Gasteiger partial charge is 0.226 e. The zero-order valence-corrected chi connectivity index (χ0v) is 16.9. The lowest BCUT2D eigenvalue weighted by atomic mass is 9.89. The van der Waals surface area contributed by atoms with Gasteiger partial charge in [0.25, 0.3) is 0 Å². The van der Waals surface area contributed by atoms with E-state index in [9.17, 15) is 0 Å². The molecule has 1 aromatic heterocycles. The van der Waals surface area contributed by atoms with Gasteiger partial charge in [-0.1, -0.05) is 79.9 Å². The fourth-order valence-electron chi connectivity index (χ4n) is 4.34. The van der Waals surface area contributed by atoms with Crippen molar-refractivity contribution in [2.75, 3.05) is 0 Å². The van der Waals surface area contributed by atoms with E-state index in [0.717, 1.165) is 29.8 Å². The van der Waals surface area contributed by atoms with Crippen LogP contribution < -0.4 is 0 Å². The SMILES string of the molecule is Clc1nc(-c2cccc(-c3cccc4ccccc34)c2)nc(C2CCCCC2)n1. The molecule has 0 spiro atoms. The van der Waals surface area contributed by atoms with Gasteiger partial charge < -0.3 is 0 Å². The monoisotopic (exact) mass is 399 g/mol. The second kappa shape index (κ2) is 7.92. The summed E-state index contributed by atoms with van der Waals surface area (Å²) in [6.45, 7) is 0. The quantitative estimate of drug-likeness (QED) is 0.370. The molecule has 4 heteroatoms. The Morgan fingerprint density at radius 3 is 2.38 bits per heavy atom. The summed E-state index contributed by atoms with van der Waals surface area (Å²) in [5, 5.41) is 2.76. The number of hydrogen-bond donors (Lipinski definition) is 0. The predicted octanol–water partition coefficient (Wildman–Crippen LogP) is 7.06. The van der Waals surface area contributed by atoms with Crippen molar-refractivity contribution in [3.63, 3.8) is 0 Å². The minimum Gasteiger partial charge on any atom is -0.213 e. The Morgan fingerprint density at radius 1 is 0.724 bits per heavy atom. The Morgan fingerprint density at radius 2 is 1.48 bits per heavy atom. The lowest BCUT2D eigenvalue weighted by Crippen LogP contribution is -2.10. The fraction of sp³-hybridized carbons (Fsp3) is 0.240. The van der Waals surface area contributed by atoms with E-state index in [1.54, 1.807) is 0 Å². The summed E-state index contributed by atoms with van der Waals surface area (Å²) >= 11 is 6.29. The molecule has 5 rings (SSSR count). The van der Waals surface area contributed by atoms with Gasteiger partial charge in [0.1, 0.15) is 5.82 Å². The van der Waals surface area contributed by atoms with Crippen LogP contribution in [0.2, 0.25) is 5.28 Å². The smallest absolute Gasteiger partial charge is 0.213 e. The molecule has 0 atom stereocenters. The van der Waals surface area contributed by atoms with Crippen molar-refractivity contribution in [2.45, 2.75) is 38.0 Å². The summed E-state index contributed by atoms with van der Waals surface area (Å²) in [7, 11) is 0. The standard InChI is InChI=1S/C25H22ClN3/c26-25-28-23(18-9-2-1-3-10-18)27-24(29-25)20-13-6-12-19(16-20)22-15-7-11-17-8-4-5-14-21(17)22/h4-8,11-16,18H,1-3,9-10H2. The maximum absolute atomic E-state index is 6.29. The maximum Gasteiger partial charge on any atom is 0.226 e. The van der Waals surface area contributed by atoms with Crippen LogP contribution in [-0.2, 0) is 0 Å². The van der Waals surface area contributed by atoms with E-state index in [-0.39, 0.29) is 5.28 Å². The summed E-state index contributed by atoms with van der Waals surface area (Å²) in [6.07, 6.45) is 6.04. The van der Waals surface area contributed by atoms with Gasteiger partial charge >= 0.3 is 0 Å². The summed E-state index contributed by atoms with van der Waals surface area (Å²) in [6, 6.07) is 23.3. The number of hydrogen-bond acceptors (Lipinski definition) is 3. The molecule has 0 N–H and O–H groups in total. The van der Waals surface area contributed by atoms with Crippen LogP contribution in [0.5, 0.6) is 0 Å². The van der Waals surface area contributed by atoms with E-state index < -0.39 is 0 Å². The summed E-state index contributed by atoms with van der Waals surface area (Å²) in [4.78, 5) is 13.7. The summed E-state index contributed by atoms with van der Waals surface area (Å²) in [5.41, 5.74) is 3.32. The van der Waals surface area contributed by atoms with Crippen molar-refractivity contribution < 1.29 is 0 Å². The van der Waals surface area contributed by atoms with E-state index >= 15 is 0 Å². The molecule has 4 aromatic rings. The third-order valence-electron chi connectivity index (χ3n) is 5.82. The van der Waals surface area contributed by atoms with Crippen LogP contribution in [-0.4, -0.2) is 15.0 Å². The van der Waals surface area contributed by atoms with Crippen molar-refractivity contribution in [1.29, 1.82) is 0 Å². The number of halogens is 1. The Kier molecular flexibility index (Phi) is 4.99. The molecule has 1 fully saturated rings. The zero-order valence-electron chi connectivity index (χ0n) is 16.2. The molecule has 1 aliphatic rings. The molecule has 1 heterocycles. The molecule has 0 radical (unpaired) electrons. The van der Waals surface area contributed by atoms with Crippen LogP contribution in [0, 0.1) is 0 Å². The molecule has 1 saturated carbocycles. The molecule has 144 valence electrons. The van der Waals surface area contributed by atoms with Gasteiger partial charge in [-0.15, -0.1) is 0 Å². The van der Waals surface area contributed by atoms with Gasteiger partial charge in [0.15, 0.2) is 5.82 Å². The third-order valence-corrected chi connectivity index (χ3v) is 5.99. The molecule has 0 unspecified atom stereocenters. The Labute approximate surface area is 175 Å². The topological polar surface area (TPSA) is 38.7 Å². The maximum atomic E-state index is 6.29. The highest BCUT2D eigenvalue weighted by molar-refractivity contribution is 6.28. The molecule has 3 aromatic carbocycles. The Bertz CT molecular complexity index is 1160. The Hall–Kier alpha value is -2.78. The number of aromatic nitrogens is 3. The third kappa shape index (κ3) is 3.75. The lowest BCUT2D eigenvalue weighted by molar-refractivity contribution is 0.428. The molecule has 0 aliphatic heterocycles. The van der Waals surface area contributed by atoms with Gasteiger partial charge in [0, 0.05) is 11.5 Å². The molecule has 0 bridgehead atoms. The average Bonchev–Trinajstić information content (AvgIpc) is 2.79. The zero-order chi connectivity index (χ0) is 19.6. The second-order valence-electron chi connectivity index (χ2n) is 7.73. The van der Waals surface area contributed by atoms with Gasteiger partial charge in [0.2, 0.25) is 5.28 Å². The van der Waals surface area contributed by atoms with E-state index in [2.05, 4.69) is 70.6 Å². The summed E-state index contributed by atoms with van der Waals surface area (Å²) in [5.74, 6) is 1.90. The number of fused-ring (bicyclic) bond motifs is 1. The van der Waals surface area contributed by atoms with Gasteiger partial charge in [-0.3, -0.25) is 0 Å². The Balaban J connectivity index is 1.57. The van der Waals surface area contributed by atoms with E-state index in [0.29, 0.717) is 11.7 Å². The molecule has 1 aliphatic carbocycles. The minimum atomic E-state index is 0.283. The molecular weight excluding hydrogens is 378 g/mol. The summed E-state index contributed by atoms with van der Waals surface area (Å²) < 4.78 is 0. The molecule has 29 heavy (non-hydrogen) atoms. The van der Waals surface area contributed by atoms with Crippen molar-refractivity contribution in [2.24, 2.45) is 0 Å². The van der Waals surface area contributed by atoms with Crippen LogP contribution >= 0.6 is 11.6 Å². The highest BCUT2D eigenvalue weighted by Gasteiger charge is 2.20. The molecule has 0 amide bonds.